The molecule has 1 aliphatic rings. The smallest absolute Gasteiger partial charge is 0.0367 e. The molecule has 0 aromatic heterocycles. The lowest BCUT2D eigenvalue weighted by atomic mass is 9.91. The van der Waals surface area contributed by atoms with Crippen molar-refractivity contribution in [3.05, 3.63) is 64.6 Å². The molecule has 1 nitrogen and oxygen atoms in total. The summed E-state index contributed by atoms with van der Waals surface area (Å²) < 4.78 is 1.14. The van der Waals surface area contributed by atoms with Gasteiger partial charge in [-0.2, -0.15) is 0 Å². The van der Waals surface area contributed by atoms with Crippen LogP contribution in [0.25, 0.3) is 0 Å². The summed E-state index contributed by atoms with van der Waals surface area (Å²) in [6.07, 6.45) is 0. The largest absolute Gasteiger partial charge is 0.370 e. The van der Waals surface area contributed by atoms with Gasteiger partial charge in [-0.05, 0) is 29.8 Å². The van der Waals surface area contributed by atoms with E-state index in [-0.39, 0.29) is 0 Å². The minimum absolute atomic E-state index is 0.694. The molecule has 1 fully saturated rings. The molecule has 0 amide bonds. The average molecular weight is 288 g/mol. The minimum Gasteiger partial charge on any atom is -0.370 e. The molecule has 1 saturated heterocycles. The van der Waals surface area contributed by atoms with Crippen LogP contribution < -0.4 is 4.90 Å². The zero-order chi connectivity index (χ0) is 11.7. The zero-order valence-electron chi connectivity index (χ0n) is 9.51. The molecule has 0 unspecified atom stereocenters. The van der Waals surface area contributed by atoms with Crippen molar-refractivity contribution in [2.24, 2.45) is 0 Å². The van der Waals surface area contributed by atoms with Crippen molar-refractivity contribution in [2.45, 2.75) is 5.92 Å². The fourth-order valence-electron chi connectivity index (χ4n) is 2.28. The van der Waals surface area contributed by atoms with E-state index >= 15 is 0 Å². The molecule has 0 radical (unpaired) electrons. The van der Waals surface area contributed by atoms with Gasteiger partial charge in [0.15, 0.2) is 0 Å². The van der Waals surface area contributed by atoms with Crippen LogP contribution in [0.3, 0.4) is 0 Å². The Labute approximate surface area is 110 Å². The van der Waals surface area contributed by atoms with Crippen LogP contribution in [-0.4, -0.2) is 13.1 Å². The normalized spacial score (nSPS) is 15.7. The van der Waals surface area contributed by atoms with Gasteiger partial charge >= 0.3 is 0 Å². The Balaban J connectivity index is 1.67. The van der Waals surface area contributed by atoms with Crippen LogP contribution in [-0.2, 0) is 0 Å². The molecule has 0 atom stereocenters. The Hall–Kier alpha value is -1.28. The maximum absolute atomic E-state index is 3.46. The maximum atomic E-state index is 3.46. The highest BCUT2D eigenvalue weighted by Crippen LogP contribution is 2.31. The Morgan fingerprint density at radius 3 is 2.18 bits per heavy atom. The lowest BCUT2D eigenvalue weighted by Crippen LogP contribution is -2.44. The van der Waals surface area contributed by atoms with Gasteiger partial charge in [0.25, 0.3) is 0 Å². The van der Waals surface area contributed by atoms with Gasteiger partial charge < -0.3 is 4.90 Å². The van der Waals surface area contributed by atoms with E-state index in [9.17, 15) is 0 Å². The van der Waals surface area contributed by atoms with Crippen molar-refractivity contribution < 1.29 is 0 Å². The van der Waals surface area contributed by atoms with Gasteiger partial charge in [0.1, 0.15) is 0 Å². The molecule has 2 aromatic carbocycles. The highest BCUT2D eigenvalue weighted by atomic mass is 79.9. The molecule has 3 rings (SSSR count). The molecule has 2 heteroatoms. The summed E-state index contributed by atoms with van der Waals surface area (Å²) in [5, 5.41) is 0. The maximum Gasteiger partial charge on any atom is 0.0367 e. The Morgan fingerprint density at radius 2 is 1.53 bits per heavy atom. The monoisotopic (exact) mass is 287 g/mol. The molecule has 0 aliphatic carbocycles. The molecular weight excluding hydrogens is 274 g/mol. The molecule has 0 bridgehead atoms. The van der Waals surface area contributed by atoms with Crippen LogP contribution >= 0.6 is 15.9 Å². The molecule has 1 heterocycles. The molecule has 1 aliphatic heterocycles. The predicted molar refractivity (Wildman–Crippen MR) is 75.5 cm³/mol. The van der Waals surface area contributed by atoms with Crippen LogP contribution in [0, 0.1) is 0 Å². The number of hydrogen-bond donors (Lipinski definition) is 0. The van der Waals surface area contributed by atoms with Crippen LogP contribution in [0.4, 0.5) is 5.69 Å². The fourth-order valence-corrected chi connectivity index (χ4v) is 2.54. The van der Waals surface area contributed by atoms with Crippen LogP contribution in [0.1, 0.15) is 11.5 Å². The standard InChI is InChI=1S/C15H14BrN/c16-14-6-8-15(9-7-14)17-10-13(11-17)12-4-2-1-3-5-12/h1-9,13H,10-11H2. The van der Waals surface area contributed by atoms with Crippen LogP contribution in [0.5, 0.6) is 0 Å². The summed E-state index contributed by atoms with van der Waals surface area (Å²) in [5.74, 6) is 0.694. The first kappa shape index (κ1) is 10.8. The predicted octanol–water partition coefficient (Wildman–Crippen LogP) is 4.05. The fraction of sp³-hybridized carbons (Fsp3) is 0.200. The zero-order valence-corrected chi connectivity index (χ0v) is 11.1. The second kappa shape index (κ2) is 4.53. The summed E-state index contributed by atoms with van der Waals surface area (Å²) in [6.45, 7) is 2.26. The topological polar surface area (TPSA) is 3.24 Å². The third-order valence-electron chi connectivity index (χ3n) is 3.34. The van der Waals surface area contributed by atoms with E-state index in [1.54, 1.807) is 0 Å². The van der Waals surface area contributed by atoms with Crippen LogP contribution in [0.15, 0.2) is 59.1 Å². The first-order valence-electron chi connectivity index (χ1n) is 5.88. The van der Waals surface area contributed by atoms with Gasteiger partial charge in [-0.3, -0.25) is 0 Å². The van der Waals surface area contributed by atoms with Crippen molar-refractivity contribution in [1.82, 2.24) is 0 Å². The summed E-state index contributed by atoms with van der Waals surface area (Å²) in [7, 11) is 0. The lowest BCUT2D eigenvalue weighted by Gasteiger charge is -2.41. The van der Waals surface area contributed by atoms with E-state index in [4.69, 9.17) is 0 Å². The first-order valence-corrected chi connectivity index (χ1v) is 6.68. The summed E-state index contributed by atoms with van der Waals surface area (Å²) in [4.78, 5) is 2.42. The van der Waals surface area contributed by atoms with E-state index in [1.165, 1.54) is 11.3 Å². The molecule has 0 spiro atoms. The van der Waals surface area contributed by atoms with Crippen molar-refractivity contribution in [3.63, 3.8) is 0 Å². The highest BCUT2D eigenvalue weighted by molar-refractivity contribution is 9.10. The highest BCUT2D eigenvalue weighted by Gasteiger charge is 2.27. The number of anilines is 1. The van der Waals surface area contributed by atoms with Crippen molar-refractivity contribution in [3.8, 4) is 0 Å². The Morgan fingerprint density at radius 1 is 0.882 bits per heavy atom. The van der Waals surface area contributed by atoms with E-state index in [2.05, 4.69) is 75.4 Å². The number of benzene rings is 2. The summed E-state index contributed by atoms with van der Waals surface area (Å²) in [5.41, 5.74) is 2.78. The average Bonchev–Trinajstić information content (AvgIpc) is 2.31. The molecule has 86 valence electrons. The van der Waals surface area contributed by atoms with Gasteiger partial charge in [-0.25, -0.2) is 0 Å². The number of hydrogen-bond acceptors (Lipinski definition) is 1. The number of halogens is 1. The summed E-state index contributed by atoms with van der Waals surface area (Å²) >= 11 is 3.46. The van der Waals surface area contributed by atoms with E-state index in [0.29, 0.717) is 5.92 Å². The Bertz CT molecular complexity index is 486. The molecule has 2 aromatic rings. The van der Waals surface area contributed by atoms with Crippen molar-refractivity contribution >= 4 is 21.6 Å². The van der Waals surface area contributed by atoms with Crippen molar-refractivity contribution in [2.75, 3.05) is 18.0 Å². The van der Waals surface area contributed by atoms with E-state index in [0.717, 1.165) is 17.6 Å². The molecule has 0 saturated carbocycles. The summed E-state index contributed by atoms with van der Waals surface area (Å²) in [6, 6.07) is 19.3. The SMILES string of the molecule is Brc1ccc(N2CC(c3ccccc3)C2)cc1. The van der Waals surface area contributed by atoms with Gasteiger partial charge in [-0.1, -0.05) is 46.3 Å². The van der Waals surface area contributed by atoms with Gasteiger partial charge in [0.2, 0.25) is 0 Å². The Kier molecular flexibility index (Phi) is 2.89. The van der Waals surface area contributed by atoms with Gasteiger partial charge in [0.05, 0.1) is 0 Å². The minimum atomic E-state index is 0.694. The second-order valence-corrected chi connectivity index (χ2v) is 5.40. The third kappa shape index (κ3) is 2.22. The lowest BCUT2D eigenvalue weighted by molar-refractivity contribution is 0.525. The number of nitrogens with zero attached hydrogens (tertiary/aromatic N) is 1. The van der Waals surface area contributed by atoms with Crippen LogP contribution in [0.2, 0.25) is 0 Å². The van der Waals surface area contributed by atoms with E-state index < -0.39 is 0 Å². The quantitative estimate of drug-likeness (QED) is 0.805. The molecule has 0 N–H and O–H groups in total. The molecule has 17 heavy (non-hydrogen) atoms. The van der Waals surface area contributed by atoms with E-state index in [1.807, 2.05) is 0 Å². The van der Waals surface area contributed by atoms with Gasteiger partial charge in [0, 0.05) is 29.2 Å². The second-order valence-electron chi connectivity index (χ2n) is 4.49. The first-order chi connectivity index (χ1) is 8.33. The molecular formula is C15H14BrN. The third-order valence-corrected chi connectivity index (χ3v) is 3.87. The van der Waals surface area contributed by atoms with Gasteiger partial charge in [-0.15, -0.1) is 0 Å². The number of rotatable bonds is 2. The van der Waals surface area contributed by atoms with Crippen molar-refractivity contribution in [1.29, 1.82) is 0 Å².